The molecule has 0 aromatic carbocycles. The highest BCUT2D eigenvalue weighted by molar-refractivity contribution is 5.94. The number of carboxylic acid groups (broad SMARTS) is 1. The van der Waals surface area contributed by atoms with Crippen LogP contribution in [-0.4, -0.2) is 40.1 Å². The molecule has 0 aromatic heterocycles. The van der Waals surface area contributed by atoms with Crippen molar-refractivity contribution < 1.29 is 29.3 Å². The van der Waals surface area contributed by atoms with Crippen LogP contribution in [0.15, 0.2) is 36.0 Å². The zero-order valence-electron chi connectivity index (χ0n) is 20.0. The summed E-state index contributed by atoms with van der Waals surface area (Å²) in [5.41, 5.74) is 0.256. The maximum Gasteiger partial charge on any atom is 0.320 e. The van der Waals surface area contributed by atoms with Crippen molar-refractivity contribution in [3.63, 3.8) is 0 Å². The Morgan fingerprint density at radius 1 is 1.21 bits per heavy atom. The molecule has 0 spiro atoms. The predicted molar refractivity (Wildman–Crippen MR) is 123 cm³/mol. The van der Waals surface area contributed by atoms with Crippen molar-refractivity contribution in [1.29, 1.82) is 0 Å². The van der Waals surface area contributed by atoms with Gasteiger partial charge in [-0.3, -0.25) is 14.4 Å². The Balaban J connectivity index is 1.70. The zero-order valence-corrected chi connectivity index (χ0v) is 20.0. The Labute approximate surface area is 195 Å². The van der Waals surface area contributed by atoms with E-state index in [9.17, 15) is 24.6 Å². The SMILES string of the molecule is C=C1C(=C)[C@@](O)(CC(C(=O)O)C(=O)OCC)[C@@]2(C)CC[C@H]3[C@@H](CCC4=CC(=O)CC[C@@]43C)[C@H]12. The van der Waals surface area contributed by atoms with Crippen molar-refractivity contribution in [2.24, 2.45) is 34.5 Å². The van der Waals surface area contributed by atoms with Crippen LogP contribution in [0, 0.1) is 34.5 Å². The molecule has 0 aliphatic heterocycles. The lowest BCUT2D eigenvalue weighted by Gasteiger charge is -2.59. The number of aliphatic carboxylic acids is 1. The minimum absolute atomic E-state index is 0.0327. The summed E-state index contributed by atoms with van der Waals surface area (Å²) < 4.78 is 5.00. The highest BCUT2D eigenvalue weighted by Gasteiger charge is 2.67. The Morgan fingerprint density at radius 2 is 1.91 bits per heavy atom. The third-order valence-electron chi connectivity index (χ3n) is 9.71. The van der Waals surface area contributed by atoms with Crippen LogP contribution >= 0.6 is 0 Å². The molecule has 7 atom stereocenters. The molecule has 2 N–H and O–H groups in total. The van der Waals surface area contributed by atoms with Crippen molar-refractivity contribution in [3.05, 3.63) is 36.0 Å². The average molecular weight is 457 g/mol. The number of carbonyl (C=O) groups is 3. The molecule has 0 radical (unpaired) electrons. The Bertz CT molecular complexity index is 962. The number of allylic oxidation sites excluding steroid dienone is 1. The van der Waals surface area contributed by atoms with E-state index >= 15 is 0 Å². The summed E-state index contributed by atoms with van der Waals surface area (Å²) in [4.78, 5) is 36.4. The van der Waals surface area contributed by atoms with Crippen LogP contribution in [0.2, 0.25) is 0 Å². The summed E-state index contributed by atoms with van der Waals surface area (Å²) >= 11 is 0. The van der Waals surface area contributed by atoms with E-state index in [-0.39, 0.29) is 36.1 Å². The van der Waals surface area contributed by atoms with Crippen LogP contribution in [0.3, 0.4) is 0 Å². The van der Waals surface area contributed by atoms with Gasteiger partial charge < -0.3 is 14.9 Å². The van der Waals surface area contributed by atoms with Gasteiger partial charge in [0.2, 0.25) is 0 Å². The van der Waals surface area contributed by atoms with Gasteiger partial charge in [-0.05, 0) is 79.4 Å². The molecule has 180 valence electrons. The lowest BCUT2D eigenvalue weighted by atomic mass is 9.46. The summed E-state index contributed by atoms with van der Waals surface area (Å²) in [6.45, 7) is 14.5. The molecule has 0 bridgehead atoms. The monoisotopic (exact) mass is 456 g/mol. The van der Waals surface area contributed by atoms with Gasteiger partial charge in [-0.1, -0.05) is 32.6 Å². The highest BCUT2D eigenvalue weighted by Crippen LogP contribution is 2.70. The molecule has 6 nitrogen and oxygen atoms in total. The van der Waals surface area contributed by atoms with Gasteiger partial charge in [0.15, 0.2) is 11.7 Å². The molecule has 0 heterocycles. The van der Waals surface area contributed by atoms with Gasteiger partial charge in [0.1, 0.15) is 0 Å². The highest BCUT2D eigenvalue weighted by atomic mass is 16.5. The Kier molecular flexibility index (Phi) is 5.75. The van der Waals surface area contributed by atoms with E-state index in [0.29, 0.717) is 24.3 Å². The van der Waals surface area contributed by atoms with Crippen molar-refractivity contribution in [1.82, 2.24) is 0 Å². The molecule has 3 fully saturated rings. The van der Waals surface area contributed by atoms with Gasteiger partial charge in [-0.15, -0.1) is 0 Å². The van der Waals surface area contributed by atoms with E-state index in [1.165, 1.54) is 5.57 Å². The van der Waals surface area contributed by atoms with E-state index < -0.39 is 28.9 Å². The fraction of sp³-hybridized carbons (Fsp3) is 0.667. The average Bonchev–Trinajstić information content (AvgIpc) is 2.90. The predicted octanol–water partition coefficient (Wildman–Crippen LogP) is 4.24. The van der Waals surface area contributed by atoms with Crippen molar-refractivity contribution >= 4 is 17.7 Å². The van der Waals surface area contributed by atoms with Crippen molar-refractivity contribution in [2.75, 3.05) is 6.61 Å². The molecular formula is C27H36O6. The number of rotatable bonds is 5. The first-order valence-corrected chi connectivity index (χ1v) is 12.1. The molecule has 33 heavy (non-hydrogen) atoms. The molecular weight excluding hydrogens is 420 g/mol. The van der Waals surface area contributed by atoms with E-state index in [1.54, 1.807) is 6.92 Å². The summed E-state index contributed by atoms with van der Waals surface area (Å²) in [5.74, 6) is -2.78. The molecule has 0 amide bonds. The number of fused-ring (bicyclic) bond motifs is 5. The summed E-state index contributed by atoms with van der Waals surface area (Å²) in [6.07, 6.45) is 6.34. The first kappa shape index (κ1) is 23.9. The molecule has 4 aliphatic carbocycles. The number of carboxylic acids is 1. The third-order valence-corrected chi connectivity index (χ3v) is 9.71. The van der Waals surface area contributed by atoms with Crippen LogP contribution in [0.5, 0.6) is 0 Å². The largest absolute Gasteiger partial charge is 0.481 e. The number of hydrogen-bond donors (Lipinski definition) is 2. The number of ketones is 1. The van der Waals surface area contributed by atoms with Gasteiger partial charge in [0, 0.05) is 18.3 Å². The number of hydrogen-bond acceptors (Lipinski definition) is 5. The number of ether oxygens (including phenoxy) is 1. The van der Waals surface area contributed by atoms with Crippen LogP contribution in [0.25, 0.3) is 0 Å². The van der Waals surface area contributed by atoms with Gasteiger partial charge >= 0.3 is 11.9 Å². The maximum absolute atomic E-state index is 12.4. The standard InChI is InChI=1S/C27H36O6/c1-6-33-24(31)20(23(29)30)14-27(32)16(3)15(2)22-19-8-7-17-13-18(28)9-11-25(17,4)21(19)10-12-26(22,27)5/h13,19-22,32H,2-3,6-12,14H2,1,4-5H3,(H,29,30)/t19-,20?,21+,22+,25+,26+,27+/m1/s1. The van der Waals surface area contributed by atoms with E-state index in [0.717, 1.165) is 31.3 Å². The fourth-order valence-corrected chi connectivity index (χ4v) is 7.84. The molecule has 3 saturated carbocycles. The topological polar surface area (TPSA) is 101 Å². The number of carbonyl (C=O) groups excluding carboxylic acids is 2. The van der Waals surface area contributed by atoms with E-state index in [2.05, 4.69) is 20.1 Å². The first-order valence-electron chi connectivity index (χ1n) is 12.1. The van der Waals surface area contributed by atoms with Gasteiger partial charge in [-0.25, -0.2) is 0 Å². The quantitative estimate of drug-likeness (QED) is 0.474. The minimum Gasteiger partial charge on any atom is -0.481 e. The second kappa shape index (κ2) is 7.93. The van der Waals surface area contributed by atoms with Crippen molar-refractivity contribution in [3.8, 4) is 0 Å². The van der Waals surface area contributed by atoms with Crippen LogP contribution in [0.4, 0.5) is 0 Å². The molecule has 1 unspecified atom stereocenters. The normalized spacial score (nSPS) is 40.9. The number of esters is 1. The van der Waals surface area contributed by atoms with Crippen LogP contribution in [-0.2, 0) is 19.1 Å². The van der Waals surface area contributed by atoms with Crippen LogP contribution in [0.1, 0.15) is 65.7 Å². The molecule has 4 rings (SSSR count). The molecule has 0 saturated heterocycles. The summed E-state index contributed by atoms with van der Waals surface area (Å²) in [6, 6.07) is 0. The van der Waals surface area contributed by atoms with Crippen LogP contribution < -0.4 is 0 Å². The second-order valence-corrected chi connectivity index (χ2v) is 11.0. The molecule has 4 aliphatic rings. The molecule has 6 heteroatoms. The summed E-state index contributed by atoms with van der Waals surface area (Å²) in [5, 5.41) is 21.8. The maximum atomic E-state index is 12.4. The van der Waals surface area contributed by atoms with Gasteiger partial charge in [-0.2, -0.15) is 0 Å². The Hall–Kier alpha value is -2.21. The van der Waals surface area contributed by atoms with Gasteiger partial charge in [0.05, 0.1) is 12.2 Å². The third kappa shape index (κ3) is 3.28. The Morgan fingerprint density at radius 3 is 2.55 bits per heavy atom. The summed E-state index contributed by atoms with van der Waals surface area (Å²) in [7, 11) is 0. The molecule has 0 aromatic rings. The lowest BCUT2D eigenvalue weighted by molar-refractivity contribution is -0.166. The first-order chi connectivity index (χ1) is 15.4. The zero-order chi connectivity index (χ0) is 24.3. The van der Waals surface area contributed by atoms with E-state index in [1.807, 2.05) is 13.0 Å². The minimum atomic E-state index is -1.55. The lowest BCUT2D eigenvalue weighted by Crippen LogP contribution is -2.56. The van der Waals surface area contributed by atoms with Crippen molar-refractivity contribution in [2.45, 2.75) is 71.3 Å². The number of aliphatic hydroxyl groups is 1. The fourth-order valence-electron chi connectivity index (χ4n) is 7.84. The smallest absolute Gasteiger partial charge is 0.320 e. The van der Waals surface area contributed by atoms with Gasteiger partial charge in [0.25, 0.3) is 0 Å². The van der Waals surface area contributed by atoms with E-state index in [4.69, 9.17) is 4.74 Å². The second-order valence-electron chi connectivity index (χ2n) is 11.0.